The lowest BCUT2D eigenvalue weighted by atomic mass is 9.76. The van der Waals surface area contributed by atoms with Crippen molar-refractivity contribution in [1.29, 1.82) is 0 Å². The molecular formula is C16H28N2O. The van der Waals surface area contributed by atoms with Crippen LogP contribution in [0.5, 0.6) is 0 Å². The Hall–Kier alpha value is -0.570. The number of nitrogens with two attached hydrogens (primary N) is 1. The molecule has 1 spiro atoms. The summed E-state index contributed by atoms with van der Waals surface area (Å²) in [7, 11) is 0. The molecule has 0 radical (unpaired) electrons. The first-order chi connectivity index (χ1) is 9.20. The number of hydrogen-bond acceptors (Lipinski definition) is 2. The van der Waals surface area contributed by atoms with Crippen LogP contribution in [0.4, 0.5) is 0 Å². The highest BCUT2D eigenvalue weighted by Gasteiger charge is 2.45. The highest BCUT2D eigenvalue weighted by Crippen LogP contribution is 2.47. The average molecular weight is 264 g/mol. The molecule has 0 bridgehead atoms. The topological polar surface area (TPSA) is 46.3 Å². The van der Waals surface area contributed by atoms with E-state index in [2.05, 4.69) is 4.90 Å². The summed E-state index contributed by atoms with van der Waals surface area (Å²) >= 11 is 0. The minimum absolute atomic E-state index is 0.194. The smallest absolute Gasteiger partial charge is 0.230 e. The third-order valence-corrected chi connectivity index (χ3v) is 6.18. The van der Waals surface area contributed by atoms with Crippen molar-refractivity contribution in [1.82, 2.24) is 4.90 Å². The van der Waals surface area contributed by atoms with Gasteiger partial charge in [-0.25, -0.2) is 0 Å². The van der Waals surface area contributed by atoms with Gasteiger partial charge >= 0.3 is 0 Å². The van der Waals surface area contributed by atoms with E-state index < -0.39 is 0 Å². The second-order valence-corrected chi connectivity index (χ2v) is 7.19. The second kappa shape index (κ2) is 5.08. The molecule has 0 aromatic rings. The van der Waals surface area contributed by atoms with E-state index in [0.29, 0.717) is 17.9 Å². The van der Waals surface area contributed by atoms with E-state index in [0.717, 1.165) is 25.9 Å². The fourth-order valence-corrected chi connectivity index (χ4v) is 4.70. The predicted octanol–water partition coefficient (Wildman–Crippen LogP) is 2.69. The summed E-state index contributed by atoms with van der Waals surface area (Å²) in [5.41, 5.74) is 6.35. The molecule has 108 valence electrons. The van der Waals surface area contributed by atoms with E-state index in [9.17, 15) is 4.79 Å². The first-order valence-electron chi connectivity index (χ1n) is 8.19. The van der Waals surface area contributed by atoms with E-state index in [1.54, 1.807) is 0 Å². The number of rotatable bonds is 2. The Morgan fingerprint density at radius 3 is 1.95 bits per heavy atom. The highest BCUT2D eigenvalue weighted by molar-refractivity contribution is 5.83. The van der Waals surface area contributed by atoms with Gasteiger partial charge in [-0.2, -0.15) is 0 Å². The fourth-order valence-electron chi connectivity index (χ4n) is 4.70. The molecule has 2 N–H and O–H groups in total. The SMILES string of the molecule is NCC1(C(=O)N2CCC3(CCCC3)CC2)CCCC1. The minimum atomic E-state index is -0.194. The molecular weight excluding hydrogens is 236 g/mol. The van der Waals surface area contributed by atoms with Crippen LogP contribution in [0.15, 0.2) is 0 Å². The van der Waals surface area contributed by atoms with Crippen LogP contribution in [-0.2, 0) is 4.79 Å². The van der Waals surface area contributed by atoms with Crippen molar-refractivity contribution in [2.45, 2.75) is 64.2 Å². The molecule has 3 heteroatoms. The molecule has 3 aliphatic rings. The van der Waals surface area contributed by atoms with Crippen LogP contribution in [0.2, 0.25) is 0 Å². The Kier molecular flexibility index (Phi) is 3.59. The van der Waals surface area contributed by atoms with Gasteiger partial charge < -0.3 is 10.6 Å². The standard InChI is InChI=1S/C16H28N2O/c17-13-16(7-3-4-8-16)14(19)18-11-9-15(10-12-18)5-1-2-6-15/h1-13,17H2. The van der Waals surface area contributed by atoms with Crippen LogP contribution < -0.4 is 5.73 Å². The van der Waals surface area contributed by atoms with Gasteiger partial charge in [0, 0.05) is 19.6 Å². The Bertz CT molecular complexity index is 331. The fraction of sp³-hybridized carbons (Fsp3) is 0.938. The van der Waals surface area contributed by atoms with E-state index in [4.69, 9.17) is 5.73 Å². The molecule has 1 amide bonds. The summed E-state index contributed by atoms with van der Waals surface area (Å²) in [4.78, 5) is 14.9. The van der Waals surface area contributed by atoms with Crippen LogP contribution >= 0.6 is 0 Å². The normalized spacial score (nSPS) is 29.0. The molecule has 1 heterocycles. The predicted molar refractivity (Wildman–Crippen MR) is 76.7 cm³/mol. The van der Waals surface area contributed by atoms with Crippen molar-refractivity contribution in [3.8, 4) is 0 Å². The zero-order valence-electron chi connectivity index (χ0n) is 12.1. The van der Waals surface area contributed by atoms with Gasteiger partial charge in [0.1, 0.15) is 0 Å². The van der Waals surface area contributed by atoms with E-state index >= 15 is 0 Å². The van der Waals surface area contributed by atoms with E-state index in [1.165, 1.54) is 51.4 Å². The Balaban J connectivity index is 1.63. The molecule has 2 saturated carbocycles. The van der Waals surface area contributed by atoms with Crippen LogP contribution in [0.25, 0.3) is 0 Å². The van der Waals surface area contributed by atoms with Gasteiger partial charge in [0.2, 0.25) is 5.91 Å². The largest absolute Gasteiger partial charge is 0.342 e. The number of carbonyl (C=O) groups excluding carboxylic acids is 1. The Labute approximate surface area is 116 Å². The van der Waals surface area contributed by atoms with Crippen molar-refractivity contribution in [3.05, 3.63) is 0 Å². The molecule has 1 saturated heterocycles. The summed E-state index contributed by atoms with van der Waals surface area (Å²) < 4.78 is 0. The third-order valence-electron chi connectivity index (χ3n) is 6.18. The molecule has 1 aliphatic heterocycles. The van der Waals surface area contributed by atoms with Crippen LogP contribution in [0.3, 0.4) is 0 Å². The van der Waals surface area contributed by atoms with E-state index in [1.807, 2.05) is 0 Å². The summed E-state index contributed by atoms with van der Waals surface area (Å²) in [5.74, 6) is 0.375. The van der Waals surface area contributed by atoms with Crippen LogP contribution in [-0.4, -0.2) is 30.4 Å². The molecule has 0 aromatic carbocycles. The summed E-state index contributed by atoms with van der Waals surface area (Å²) in [6.45, 7) is 2.52. The number of nitrogens with zero attached hydrogens (tertiary/aromatic N) is 1. The maximum atomic E-state index is 12.8. The number of likely N-dealkylation sites (tertiary alicyclic amines) is 1. The Morgan fingerprint density at radius 2 is 1.42 bits per heavy atom. The minimum Gasteiger partial charge on any atom is -0.342 e. The van der Waals surface area contributed by atoms with Crippen LogP contribution in [0, 0.1) is 10.8 Å². The van der Waals surface area contributed by atoms with Crippen molar-refractivity contribution in [2.75, 3.05) is 19.6 Å². The number of amides is 1. The van der Waals surface area contributed by atoms with Crippen molar-refractivity contribution in [2.24, 2.45) is 16.6 Å². The third kappa shape index (κ3) is 2.31. The lowest BCUT2D eigenvalue weighted by molar-refractivity contribution is -0.143. The van der Waals surface area contributed by atoms with Crippen molar-refractivity contribution >= 4 is 5.91 Å². The monoisotopic (exact) mass is 264 g/mol. The molecule has 3 fully saturated rings. The van der Waals surface area contributed by atoms with E-state index in [-0.39, 0.29) is 5.41 Å². The molecule has 3 nitrogen and oxygen atoms in total. The average Bonchev–Trinajstić information content (AvgIpc) is 3.09. The molecule has 0 aromatic heterocycles. The highest BCUT2D eigenvalue weighted by atomic mass is 16.2. The summed E-state index contributed by atoms with van der Waals surface area (Å²) in [6, 6.07) is 0. The number of carbonyl (C=O) groups is 1. The van der Waals surface area contributed by atoms with Gasteiger partial charge in [-0.15, -0.1) is 0 Å². The van der Waals surface area contributed by atoms with Crippen molar-refractivity contribution < 1.29 is 4.79 Å². The van der Waals surface area contributed by atoms with Crippen molar-refractivity contribution in [3.63, 3.8) is 0 Å². The first kappa shape index (κ1) is 13.4. The van der Waals surface area contributed by atoms with Gasteiger partial charge in [0.15, 0.2) is 0 Å². The maximum absolute atomic E-state index is 12.8. The lowest BCUT2D eigenvalue weighted by Crippen LogP contribution is -2.50. The number of hydrogen-bond donors (Lipinski definition) is 1. The lowest BCUT2D eigenvalue weighted by Gasteiger charge is -2.42. The molecule has 19 heavy (non-hydrogen) atoms. The molecule has 2 aliphatic carbocycles. The first-order valence-corrected chi connectivity index (χ1v) is 8.19. The number of piperidine rings is 1. The van der Waals surface area contributed by atoms with Gasteiger partial charge in [-0.3, -0.25) is 4.79 Å². The Morgan fingerprint density at radius 1 is 0.895 bits per heavy atom. The molecule has 0 unspecified atom stereocenters. The van der Waals surface area contributed by atoms with Gasteiger partial charge in [0.05, 0.1) is 5.41 Å². The maximum Gasteiger partial charge on any atom is 0.230 e. The quantitative estimate of drug-likeness (QED) is 0.833. The molecule has 3 rings (SSSR count). The summed E-state index contributed by atoms with van der Waals surface area (Å²) in [5, 5.41) is 0. The van der Waals surface area contributed by atoms with Crippen LogP contribution in [0.1, 0.15) is 64.2 Å². The zero-order valence-corrected chi connectivity index (χ0v) is 12.1. The zero-order chi connectivity index (χ0) is 13.3. The van der Waals surface area contributed by atoms with Gasteiger partial charge in [-0.05, 0) is 43.9 Å². The van der Waals surface area contributed by atoms with Gasteiger partial charge in [-0.1, -0.05) is 25.7 Å². The molecule has 0 atom stereocenters. The summed E-state index contributed by atoms with van der Waals surface area (Å²) in [6.07, 6.45) is 12.5. The second-order valence-electron chi connectivity index (χ2n) is 7.19. The van der Waals surface area contributed by atoms with Gasteiger partial charge in [0.25, 0.3) is 0 Å².